The molecule has 3 atom stereocenters. The Morgan fingerprint density at radius 3 is 2.47 bits per heavy atom. The molecule has 0 spiro atoms. The van der Waals surface area contributed by atoms with Gasteiger partial charge in [-0.15, -0.1) is 0 Å². The Labute approximate surface area is 193 Å². The van der Waals surface area contributed by atoms with Crippen molar-refractivity contribution in [3.05, 3.63) is 64.1 Å². The van der Waals surface area contributed by atoms with Crippen molar-refractivity contribution in [1.29, 1.82) is 0 Å². The van der Waals surface area contributed by atoms with E-state index in [0.717, 1.165) is 41.7 Å². The van der Waals surface area contributed by atoms with Gasteiger partial charge in [0, 0.05) is 37.8 Å². The molecule has 1 N–H and O–H groups in total. The number of hydrogen-bond donors (Lipinski definition) is 1. The Kier molecular flexibility index (Phi) is 5.51. The number of fused-ring (bicyclic) bond motifs is 3. The Bertz CT molecular complexity index is 1150. The monoisotopic (exact) mass is 481 g/mol. The van der Waals surface area contributed by atoms with E-state index in [9.17, 15) is 26.7 Å². The second-order valence-corrected chi connectivity index (χ2v) is 8.99. The van der Waals surface area contributed by atoms with Crippen LogP contribution < -0.4 is 5.32 Å². The zero-order valence-electron chi connectivity index (χ0n) is 18.7. The lowest BCUT2D eigenvalue weighted by Gasteiger charge is -2.39. The van der Waals surface area contributed by atoms with E-state index in [2.05, 4.69) is 10.4 Å². The third kappa shape index (κ3) is 3.70. The van der Waals surface area contributed by atoms with Crippen molar-refractivity contribution in [2.75, 3.05) is 7.05 Å². The zero-order valence-corrected chi connectivity index (χ0v) is 18.7. The number of hydrazine groups is 1. The van der Waals surface area contributed by atoms with Gasteiger partial charge in [-0.05, 0) is 55.9 Å². The number of halogens is 5. The number of amides is 1. The molecule has 0 radical (unpaired) electrons. The molecule has 2 bridgehead atoms. The molecule has 1 fully saturated rings. The summed E-state index contributed by atoms with van der Waals surface area (Å²) in [7, 11) is 1.61. The summed E-state index contributed by atoms with van der Waals surface area (Å²) in [5, 5.41) is 10.3. The molecule has 1 saturated heterocycles. The summed E-state index contributed by atoms with van der Waals surface area (Å²) >= 11 is 0. The minimum atomic E-state index is -4.66. The van der Waals surface area contributed by atoms with Gasteiger partial charge in [-0.2, -0.15) is 18.3 Å². The van der Waals surface area contributed by atoms with E-state index >= 15 is 0 Å². The number of aryl methyl sites for hydroxylation is 1. The predicted octanol–water partition coefficient (Wildman–Crippen LogP) is 4.41. The number of carbonyl (C=O) groups excluding carboxylic acids is 1. The lowest BCUT2D eigenvalue weighted by Crippen LogP contribution is -2.51. The number of alkyl halides is 3. The number of rotatable bonds is 3. The average molecular weight is 481 g/mol. The van der Waals surface area contributed by atoms with Crippen molar-refractivity contribution >= 4 is 5.91 Å². The van der Waals surface area contributed by atoms with Gasteiger partial charge in [-0.3, -0.25) is 9.48 Å². The molecule has 4 heterocycles. The van der Waals surface area contributed by atoms with E-state index < -0.39 is 35.5 Å². The molecular formula is C23H24F5N5O. The van der Waals surface area contributed by atoms with Gasteiger partial charge in [-0.25, -0.2) is 18.8 Å². The first-order valence-electron chi connectivity index (χ1n) is 11.3. The van der Waals surface area contributed by atoms with Crippen molar-refractivity contribution in [2.45, 2.75) is 63.5 Å². The molecule has 182 valence electrons. The Hall–Kier alpha value is -2.79. The molecule has 5 rings (SSSR count). The average Bonchev–Trinajstić information content (AvgIpc) is 3.32. The van der Waals surface area contributed by atoms with Crippen molar-refractivity contribution in [3.63, 3.8) is 0 Å². The molecule has 0 unspecified atom stereocenters. The van der Waals surface area contributed by atoms with Crippen LogP contribution in [0, 0.1) is 11.6 Å². The molecule has 0 saturated carbocycles. The fraction of sp³-hybridized carbons (Fsp3) is 0.478. The first kappa shape index (κ1) is 23.0. The summed E-state index contributed by atoms with van der Waals surface area (Å²) in [6, 6.07) is 3.36. The van der Waals surface area contributed by atoms with E-state index in [1.54, 1.807) is 12.1 Å². The molecule has 34 heavy (non-hydrogen) atoms. The van der Waals surface area contributed by atoms with Gasteiger partial charge in [0.15, 0.2) is 5.69 Å². The highest BCUT2D eigenvalue weighted by Gasteiger charge is 2.48. The fourth-order valence-electron chi connectivity index (χ4n) is 5.54. The second kappa shape index (κ2) is 8.16. The van der Waals surface area contributed by atoms with Gasteiger partial charge in [0.25, 0.3) is 5.91 Å². The zero-order chi connectivity index (χ0) is 24.4. The number of aromatic nitrogens is 2. The van der Waals surface area contributed by atoms with Gasteiger partial charge < -0.3 is 5.32 Å². The van der Waals surface area contributed by atoms with Crippen molar-refractivity contribution in [1.82, 2.24) is 25.1 Å². The van der Waals surface area contributed by atoms with Crippen LogP contribution in [0.25, 0.3) is 0 Å². The van der Waals surface area contributed by atoms with Crippen LogP contribution in [0.5, 0.6) is 0 Å². The number of nitrogens with zero attached hydrogens (tertiary/aromatic N) is 4. The molecule has 1 amide bonds. The molecular weight excluding hydrogens is 457 g/mol. The molecule has 3 aliphatic heterocycles. The largest absolute Gasteiger partial charge is 0.433 e. The van der Waals surface area contributed by atoms with E-state index in [-0.39, 0.29) is 24.3 Å². The highest BCUT2D eigenvalue weighted by molar-refractivity contribution is 5.94. The van der Waals surface area contributed by atoms with Gasteiger partial charge in [0.05, 0.1) is 11.7 Å². The highest BCUT2D eigenvalue weighted by Crippen LogP contribution is 2.47. The van der Waals surface area contributed by atoms with Crippen molar-refractivity contribution in [2.24, 2.45) is 0 Å². The van der Waals surface area contributed by atoms with Crippen LogP contribution in [0.15, 0.2) is 35.5 Å². The molecule has 2 aromatic rings. The molecule has 1 aromatic carbocycles. The lowest BCUT2D eigenvalue weighted by molar-refractivity contribution is -0.144. The van der Waals surface area contributed by atoms with E-state index in [1.807, 2.05) is 0 Å². The van der Waals surface area contributed by atoms with Crippen LogP contribution in [0.3, 0.4) is 0 Å². The topological polar surface area (TPSA) is 53.4 Å². The summed E-state index contributed by atoms with van der Waals surface area (Å²) in [6.45, 7) is 1.46. The number of hydrogen-bond acceptors (Lipinski definition) is 4. The third-order valence-corrected chi connectivity index (χ3v) is 6.84. The first-order chi connectivity index (χ1) is 16.1. The van der Waals surface area contributed by atoms with Gasteiger partial charge in [-0.1, -0.05) is 0 Å². The number of likely N-dealkylation sites (N-methyl/N-ethyl adjacent to an activating group) is 1. The van der Waals surface area contributed by atoms with Gasteiger partial charge in [0.2, 0.25) is 0 Å². The van der Waals surface area contributed by atoms with Crippen LogP contribution in [0.4, 0.5) is 22.0 Å². The number of carbonyl (C=O) groups is 1. The minimum Gasteiger partial charge on any atom is -0.306 e. The van der Waals surface area contributed by atoms with Gasteiger partial charge >= 0.3 is 6.18 Å². The fourth-order valence-corrected chi connectivity index (χ4v) is 5.54. The predicted molar refractivity (Wildman–Crippen MR) is 112 cm³/mol. The maximum Gasteiger partial charge on any atom is 0.433 e. The SMILES string of the molecule is CCn1nc(C(=O)N2C3=C(C[C@H]4CCC[C@@H]3N4)[C@@H](c3cc(F)cc(F)c3)N2C)cc1C(F)(F)F. The van der Waals surface area contributed by atoms with Crippen LogP contribution in [-0.2, 0) is 12.7 Å². The van der Waals surface area contributed by atoms with Crippen LogP contribution in [0.1, 0.15) is 60.4 Å². The molecule has 11 heteroatoms. The highest BCUT2D eigenvalue weighted by atomic mass is 19.4. The maximum absolute atomic E-state index is 14.1. The summed E-state index contributed by atoms with van der Waals surface area (Å²) in [5.74, 6) is -2.18. The standard InChI is InChI=1S/C23H24F5N5O/c1-3-32-19(23(26,27)28)11-18(30-32)22(34)33-21-16(10-15-5-4-6-17(21)29-15)20(31(33)2)12-7-13(24)9-14(25)8-12/h7-9,11,15,17,20,29H,3-6,10H2,1-2H3/t15-,17+,20-/m1/s1. The maximum atomic E-state index is 14.1. The smallest absolute Gasteiger partial charge is 0.306 e. The summed E-state index contributed by atoms with van der Waals surface area (Å²) in [5.41, 5.74) is 0.491. The van der Waals surface area contributed by atoms with Crippen molar-refractivity contribution < 1.29 is 26.7 Å². The summed E-state index contributed by atoms with van der Waals surface area (Å²) in [6.07, 6.45) is -1.47. The van der Waals surface area contributed by atoms with Crippen LogP contribution >= 0.6 is 0 Å². The van der Waals surface area contributed by atoms with E-state index in [1.165, 1.54) is 24.1 Å². The molecule has 6 nitrogen and oxygen atoms in total. The first-order valence-corrected chi connectivity index (χ1v) is 11.3. The van der Waals surface area contributed by atoms with E-state index in [4.69, 9.17) is 0 Å². The molecule has 3 aliphatic rings. The number of benzene rings is 1. The Balaban J connectivity index is 1.61. The summed E-state index contributed by atoms with van der Waals surface area (Å²) in [4.78, 5) is 13.6. The van der Waals surface area contributed by atoms with Crippen LogP contribution in [-0.4, -0.2) is 44.8 Å². The van der Waals surface area contributed by atoms with Crippen LogP contribution in [0.2, 0.25) is 0 Å². The molecule has 1 aromatic heterocycles. The van der Waals surface area contributed by atoms with E-state index in [0.29, 0.717) is 17.7 Å². The van der Waals surface area contributed by atoms with Crippen molar-refractivity contribution in [3.8, 4) is 0 Å². The number of piperidine rings is 1. The third-order valence-electron chi connectivity index (χ3n) is 6.84. The Morgan fingerprint density at radius 2 is 1.85 bits per heavy atom. The molecule has 0 aliphatic carbocycles. The second-order valence-electron chi connectivity index (χ2n) is 8.99. The lowest BCUT2D eigenvalue weighted by atomic mass is 9.81. The quantitative estimate of drug-likeness (QED) is 0.660. The van der Waals surface area contributed by atoms with Gasteiger partial charge in [0.1, 0.15) is 17.3 Å². The minimum absolute atomic E-state index is 0.0526. The normalized spacial score (nSPS) is 25.1. The Morgan fingerprint density at radius 1 is 1.15 bits per heavy atom. The number of nitrogens with one attached hydrogen (secondary N) is 1. The summed E-state index contributed by atoms with van der Waals surface area (Å²) < 4.78 is 69.4.